The molecule has 0 aliphatic carbocycles. The molecule has 18 heavy (non-hydrogen) atoms. The van der Waals surface area contributed by atoms with Crippen molar-refractivity contribution in [2.75, 3.05) is 0 Å². The second-order valence-electron chi connectivity index (χ2n) is 4.19. The maximum atomic E-state index is 9.13. The maximum absolute atomic E-state index is 9.13. The van der Waals surface area contributed by atoms with Crippen molar-refractivity contribution >= 4 is 10.8 Å². The fourth-order valence-corrected chi connectivity index (χ4v) is 1.71. The summed E-state index contributed by atoms with van der Waals surface area (Å²) in [6.45, 7) is 2.08. The van der Waals surface area contributed by atoms with Crippen LogP contribution in [0.4, 0.5) is 0 Å². The first kappa shape index (κ1) is 12.2. The van der Waals surface area contributed by atoms with Gasteiger partial charge in [0, 0.05) is 0 Å². The molecule has 90 valence electrons. The summed E-state index contributed by atoms with van der Waals surface area (Å²) in [6, 6.07) is 23.6. The molecule has 0 fully saturated rings. The third-order valence-electron chi connectivity index (χ3n) is 2.67. The number of aryl methyl sites for hydroxylation is 1. The Balaban J connectivity index is 0.000000149. The molecule has 3 aromatic carbocycles. The van der Waals surface area contributed by atoms with Crippen molar-refractivity contribution < 1.29 is 5.11 Å². The molecule has 0 aliphatic heterocycles. The Labute approximate surface area is 107 Å². The number of hydrogen-bond donors (Lipinski definition) is 1. The van der Waals surface area contributed by atoms with Gasteiger partial charge in [0.15, 0.2) is 0 Å². The van der Waals surface area contributed by atoms with Crippen molar-refractivity contribution in [1.82, 2.24) is 0 Å². The number of phenols is 1. The van der Waals surface area contributed by atoms with E-state index in [1.54, 1.807) is 12.1 Å². The largest absolute Gasteiger partial charge is 0.508 e. The van der Waals surface area contributed by atoms with E-state index in [4.69, 9.17) is 5.11 Å². The average Bonchev–Trinajstić information content (AvgIpc) is 2.40. The second-order valence-corrected chi connectivity index (χ2v) is 4.19. The minimum Gasteiger partial charge on any atom is -0.508 e. The molecule has 0 saturated heterocycles. The molecule has 0 unspecified atom stereocenters. The highest BCUT2D eigenvalue weighted by molar-refractivity contribution is 5.83. The molecule has 1 heteroatoms. The van der Waals surface area contributed by atoms with Crippen LogP contribution in [0.2, 0.25) is 0 Å². The summed E-state index contributed by atoms with van der Waals surface area (Å²) in [7, 11) is 0. The summed E-state index contributed by atoms with van der Waals surface area (Å²) in [5.41, 5.74) is 1.32. The third-order valence-corrected chi connectivity index (χ3v) is 2.67. The van der Waals surface area contributed by atoms with E-state index in [2.05, 4.69) is 19.1 Å². The van der Waals surface area contributed by atoms with Gasteiger partial charge in [-0.1, -0.05) is 66.2 Å². The van der Waals surface area contributed by atoms with Gasteiger partial charge < -0.3 is 5.11 Å². The van der Waals surface area contributed by atoms with Gasteiger partial charge in [-0.15, -0.1) is 0 Å². The predicted molar refractivity (Wildman–Crippen MR) is 76.8 cm³/mol. The van der Waals surface area contributed by atoms with Crippen LogP contribution in [0.5, 0.6) is 5.75 Å². The van der Waals surface area contributed by atoms with Crippen molar-refractivity contribution in [2.24, 2.45) is 0 Å². The molecule has 1 nitrogen and oxygen atoms in total. The Morgan fingerprint density at radius 2 is 1.28 bits per heavy atom. The lowest BCUT2D eigenvalue weighted by Gasteiger charge is -1.96. The van der Waals surface area contributed by atoms with Crippen molar-refractivity contribution in [3.63, 3.8) is 0 Å². The van der Waals surface area contributed by atoms with Crippen LogP contribution in [0.25, 0.3) is 10.8 Å². The van der Waals surface area contributed by atoms with Gasteiger partial charge in [0.2, 0.25) is 0 Å². The first-order valence-corrected chi connectivity index (χ1v) is 5.95. The number of phenolic OH excluding ortho intramolecular Hbond substituents is 1. The molecular formula is C17H16O. The molecule has 1 N–H and O–H groups in total. The third kappa shape index (κ3) is 3.36. The Kier molecular flexibility index (Phi) is 3.98. The molecule has 0 saturated carbocycles. The predicted octanol–water partition coefficient (Wildman–Crippen LogP) is 4.54. The van der Waals surface area contributed by atoms with Crippen LogP contribution in [0.1, 0.15) is 5.56 Å². The van der Waals surface area contributed by atoms with Crippen LogP contribution in [-0.2, 0) is 0 Å². The highest BCUT2D eigenvalue weighted by Crippen LogP contribution is 2.18. The van der Waals surface area contributed by atoms with E-state index in [0.29, 0.717) is 5.75 Å². The molecule has 0 amide bonds. The van der Waals surface area contributed by atoms with Gasteiger partial charge in [-0.05, 0) is 29.8 Å². The van der Waals surface area contributed by atoms with Gasteiger partial charge in [-0.3, -0.25) is 0 Å². The average molecular weight is 236 g/mol. The van der Waals surface area contributed by atoms with Crippen LogP contribution in [0, 0.1) is 6.92 Å². The summed E-state index contributed by atoms with van der Waals surface area (Å²) < 4.78 is 0. The van der Waals surface area contributed by atoms with Gasteiger partial charge in [-0.25, -0.2) is 0 Å². The van der Waals surface area contributed by atoms with E-state index in [9.17, 15) is 0 Å². The Morgan fingerprint density at radius 3 is 1.89 bits per heavy atom. The van der Waals surface area contributed by atoms with E-state index in [1.807, 2.05) is 48.5 Å². The summed E-state index contributed by atoms with van der Waals surface area (Å²) in [4.78, 5) is 0. The topological polar surface area (TPSA) is 20.2 Å². The summed E-state index contributed by atoms with van der Waals surface area (Å²) >= 11 is 0. The summed E-state index contributed by atoms with van der Waals surface area (Å²) in [5, 5.41) is 11.4. The highest BCUT2D eigenvalue weighted by Gasteiger charge is 1.91. The van der Waals surface area contributed by atoms with E-state index >= 15 is 0 Å². The smallest absolute Gasteiger partial charge is 0.116 e. The first-order valence-electron chi connectivity index (χ1n) is 5.95. The molecule has 0 aromatic heterocycles. The van der Waals surface area contributed by atoms with Gasteiger partial charge in [-0.2, -0.15) is 0 Å². The normalized spacial score (nSPS) is 9.61. The zero-order chi connectivity index (χ0) is 12.8. The molecule has 0 aliphatic rings. The van der Waals surface area contributed by atoms with Crippen LogP contribution in [0.15, 0.2) is 72.8 Å². The fourth-order valence-electron chi connectivity index (χ4n) is 1.71. The van der Waals surface area contributed by atoms with Crippen molar-refractivity contribution in [1.29, 1.82) is 0 Å². The lowest BCUT2D eigenvalue weighted by Crippen LogP contribution is -1.69. The molecular weight excluding hydrogens is 220 g/mol. The zero-order valence-electron chi connectivity index (χ0n) is 10.4. The van der Waals surface area contributed by atoms with Crippen molar-refractivity contribution in [2.45, 2.75) is 6.92 Å². The summed E-state index contributed by atoms with van der Waals surface area (Å²) in [5.74, 6) is 0.323. The highest BCUT2D eigenvalue weighted by atomic mass is 16.3. The van der Waals surface area contributed by atoms with E-state index in [1.165, 1.54) is 5.56 Å². The molecule has 3 aromatic rings. The standard InChI is InChI=1S/C10H8O.C7H8/c11-10-6-5-8-3-1-2-4-9(8)7-10;1-7-5-3-2-4-6-7/h1-7,11H;2-6H,1H3. The van der Waals surface area contributed by atoms with E-state index < -0.39 is 0 Å². The van der Waals surface area contributed by atoms with Crippen LogP contribution >= 0.6 is 0 Å². The number of fused-ring (bicyclic) bond motifs is 1. The van der Waals surface area contributed by atoms with Crippen molar-refractivity contribution in [3.05, 3.63) is 78.4 Å². The monoisotopic (exact) mass is 236 g/mol. The Hall–Kier alpha value is -2.28. The number of aromatic hydroxyl groups is 1. The lowest BCUT2D eigenvalue weighted by atomic mass is 10.1. The summed E-state index contributed by atoms with van der Waals surface area (Å²) in [6.07, 6.45) is 0. The molecule has 0 heterocycles. The van der Waals surface area contributed by atoms with Gasteiger partial charge in [0.1, 0.15) is 5.75 Å². The first-order chi connectivity index (χ1) is 8.75. The fraction of sp³-hybridized carbons (Fsp3) is 0.0588. The van der Waals surface area contributed by atoms with Gasteiger partial charge in [0.25, 0.3) is 0 Å². The Bertz CT molecular complexity index is 615. The molecule has 0 bridgehead atoms. The van der Waals surface area contributed by atoms with Crippen LogP contribution < -0.4 is 0 Å². The maximum Gasteiger partial charge on any atom is 0.116 e. The molecule has 0 radical (unpaired) electrons. The molecule has 0 atom stereocenters. The van der Waals surface area contributed by atoms with E-state index in [0.717, 1.165) is 10.8 Å². The number of hydrogen-bond acceptors (Lipinski definition) is 1. The quantitative estimate of drug-likeness (QED) is 0.607. The number of benzene rings is 3. The van der Waals surface area contributed by atoms with E-state index in [-0.39, 0.29) is 0 Å². The lowest BCUT2D eigenvalue weighted by molar-refractivity contribution is 0.476. The zero-order valence-corrected chi connectivity index (χ0v) is 10.4. The second kappa shape index (κ2) is 5.87. The van der Waals surface area contributed by atoms with Gasteiger partial charge >= 0.3 is 0 Å². The number of rotatable bonds is 0. The Morgan fingerprint density at radius 1 is 0.667 bits per heavy atom. The minimum absolute atomic E-state index is 0.323. The van der Waals surface area contributed by atoms with Gasteiger partial charge in [0.05, 0.1) is 0 Å². The van der Waals surface area contributed by atoms with Crippen LogP contribution in [0.3, 0.4) is 0 Å². The molecule has 0 spiro atoms. The molecule has 3 rings (SSSR count). The van der Waals surface area contributed by atoms with Crippen LogP contribution in [-0.4, -0.2) is 5.11 Å². The SMILES string of the molecule is Cc1ccccc1.Oc1ccc2ccccc2c1. The van der Waals surface area contributed by atoms with Crippen molar-refractivity contribution in [3.8, 4) is 5.75 Å². The minimum atomic E-state index is 0.323.